The first-order valence-corrected chi connectivity index (χ1v) is 15.9. The molecule has 53 heavy (non-hydrogen) atoms. The van der Waals surface area contributed by atoms with Crippen LogP contribution in [0.15, 0.2) is 120 Å². The van der Waals surface area contributed by atoms with Gasteiger partial charge in [-0.15, -0.1) is 0 Å². The number of nitriles is 1. The van der Waals surface area contributed by atoms with Crippen LogP contribution in [0.2, 0.25) is 0 Å². The number of nitrogens with zero attached hydrogens (tertiary/aromatic N) is 4. The van der Waals surface area contributed by atoms with Crippen LogP contribution >= 0.6 is 0 Å². The van der Waals surface area contributed by atoms with Gasteiger partial charge in [-0.2, -0.15) is 5.26 Å². The van der Waals surface area contributed by atoms with E-state index in [0.29, 0.717) is 29.0 Å². The van der Waals surface area contributed by atoms with Crippen LogP contribution in [-0.4, -0.2) is 54.1 Å². The third-order valence-corrected chi connectivity index (χ3v) is 7.39. The average molecular weight is 717 g/mol. The van der Waals surface area contributed by atoms with Crippen LogP contribution in [0.3, 0.4) is 0 Å². The maximum atomic E-state index is 11.9. The number of carboxylic acid groups (broad SMARTS) is 1. The largest absolute Gasteiger partial charge is 0.500 e. The number of benzene rings is 4. The Morgan fingerprint density at radius 2 is 1.36 bits per heavy atom. The number of carboxylic acids is 1. The Bertz CT molecular complexity index is 2160. The fourth-order valence-electron chi connectivity index (χ4n) is 4.76. The Morgan fingerprint density at radius 1 is 0.774 bits per heavy atom. The summed E-state index contributed by atoms with van der Waals surface area (Å²) in [4.78, 5) is 36.5. The lowest BCUT2D eigenvalue weighted by atomic mass is 10.0. The molecule has 270 valence electrons. The van der Waals surface area contributed by atoms with E-state index in [1.54, 1.807) is 61.5 Å². The van der Waals surface area contributed by atoms with Crippen molar-refractivity contribution in [3.8, 4) is 35.1 Å². The highest BCUT2D eigenvalue weighted by Crippen LogP contribution is 2.33. The van der Waals surface area contributed by atoms with Crippen molar-refractivity contribution in [1.82, 2.24) is 9.97 Å². The highest BCUT2D eigenvalue weighted by Gasteiger charge is 2.21. The van der Waals surface area contributed by atoms with Gasteiger partial charge in [-0.3, -0.25) is 0 Å². The quantitative estimate of drug-likeness (QED) is 0.0419. The zero-order chi connectivity index (χ0) is 38.2. The first kappa shape index (κ1) is 38.6. The van der Waals surface area contributed by atoms with Crippen molar-refractivity contribution in [3.63, 3.8) is 0 Å². The van der Waals surface area contributed by atoms with E-state index in [4.69, 9.17) is 28.5 Å². The van der Waals surface area contributed by atoms with Crippen molar-refractivity contribution < 1.29 is 43.2 Å². The second-order valence-electron chi connectivity index (χ2n) is 10.8. The molecule has 0 spiro atoms. The van der Waals surface area contributed by atoms with Gasteiger partial charge in [0.15, 0.2) is 5.71 Å². The summed E-state index contributed by atoms with van der Waals surface area (Å²) in [5.74, 6) is 0.249. The summed E-state index contributed by atoms with van der Waals surface area (Å²) in [5.41, 5.74) is 3.26. The zero-order valence-corrected chi connectivity index (χ0v) is 29.6. The first-order valence-electron chi connectivity index (χ1n) is 15.9. The Balaban J connectivity index is 0.000000245. The molecule has 13 heteroatoms. The number of esters is 1. The van der Waals surface area contributed by atoms with Gasteiger partial charge >= 0.3 is 11.9 Å². The minimum atomic E-state index is -1.15. The molecule has 1 N–H and O–H groups in total. The van der Waals surface area contributed by atoms with Gasteiger partial charge in [0.1, 0.15) is 54.7 Å². The predicted molar refractivity (Wildman–Crippen MR) is 195 cm³/mol. The van der Waals surface area contributed by atoms with Gasteiger partial charge in [-0.1, -0.05) is 78.0 Å². The number of para-hydroxylation sites is 3. The second-order valence-corrected chi connectivity index (χ2v) is 10.8. The molecule has 0 radical (unpaired) electrons. The standard InChI is InChI=1S/C22H17N3O5.C18H19NO4/c1-14(28-2)21(22(26)27)16-8-4-6-10-18(16)30-20-11-19(24-13-25-20)29-17-9-5-3-7-15(17)12-23;1-13-8-4-7-11-16(13)23-12-14-9-5-6-10-15(14)17(19-22-3)18(20)21-2/h3-11,13H,1-2H3,(H,26,27);4-11H,12H2,1-3H3/b21-14+;19-17+. The number of hydrogen-bond acceptors (Lipinski definition) is 12. The van der Waals surface area contributed by atoms with Crippen LogP contribution < -0.4 is 14.2 Å². The first-order chi connectivity index (χ1) is 25.7. The second kappa shape index (κ2) is 19.3. The fourth-order valence-corrected chi connectivity index (χ4v) is 4.76. The van der Waals surface area contributed by atoms with Crippen molar-refractivity contribution in [2.45, 2.75) is 20.5 Å². The van der Waals surface area contributed by atoms with Crippen molar-refractivity contribution in [3.05, 3.63) is 143 Å². The van der Waals surface area contributed by atoms with Crippen LogP contribution in [0.25, 0.3) is 5.57 Å². The Labute approximate surface area is 306 Å². The summed E-state index contributed by atoms with van der Waals surface area (Å²) >= 11 is 0. The molecule has 0 saturated carbocycles. The molecule has 0 bridgehead atoms. The number of hydrogen-bond donors (Lipinski definition) is 1. The number of rotatable bonds is 13. The number of aliphatic carboxylic acids is 1. The number of aromatic nitrogens is 2. The van der Waals surface area contributed by atoms with Crippen molar-refractivity contribution in [2.75, 3.05) is 21.3 Å². The maximum absolute atomic E-state index is 11.9. The summed E-state index contributed by atoms with van der Waals surface area (Å²) in [7, 11) is 4.09. The number of carbonyl (C=O) groups is 2. The zero-order valence-electron chi connectivity index (χ0n) is 29.6. The Kier molecular flexibility index (Phi) is 14.0. The van der Waals surface area contributed by atoms with E-state index in [1.807, 2.05) is 55.5 Å². The third-order valence-electron chi connectivity index (χ3n) is 7.39. The lowest BCUT2D eigenvalue weighted by Crippen LogP contribution is -2.19. The molecule has 0 amide bonds. The summed E-state index contributed by atoms with van der Waals surface area (Å²) < 4.78 is 27.2. The molecule has 0 saturated heterocycles. The molecule has 0 aliphatic carbocycles. The highest BCUT2D eigenvalue weighted by molar-refractivity contribution is 6.43. The number of oxime groups is 1. The van der Waals surface area contributed by atoms with Crippen LogP contribution in [0, 0.1) is 18.3 Å². The number of ether oxygens (including phenoxy) is 5. The molecule has 4 aromatic carbocycles. The molecule has 5 aromatic rings. The maximum Gasteiger partial charge on any atom is 0.360 e. The smallest absolute Gasteiger partial charge is 0.360 e. The third kappa shape index (κ3) is 10.4. The Morgan fingerprint density at radius 3 is 1.98 bits per heavy atom. The van der Waals surface area contributed by atoms with Gasteiger partial charge in [0.2, 0.25) is 11.8 Å². The SMILES string of the molecule is CO/C(C)=C(/C(=O)O)c1ccccc1Oc1cc(Oc2ccccc2C#N)ncn1.CO/N=C(/C(=O)OC)c1ccccc1COc1ccccc1C. The fraction of sp³-hybridized carbons (Fsp3) is 0.150. The van der Waals surface area contributed by atoms with Crippen LogP contribution in [0.4, 0.5) is 0 Å². The number of methoxy groups -OCH3 is 2. The van der Waals surface area contributed by atoms with Crippen molar-refractivity contribution in [2.24, 2.45) is 5.16 Å². The van der Waals surface area contributed by atoms with Crippen LogP contribution in [-0.2, 0) is 30.5 Å². The molecular formula is C40H36N4O9. The van der Waals surface area contributed by atoms with E-state index < -0.39 is 11.9 Å². The average Bonchev–Trinajstić information content (AvgIpc) is 3.17. The van der Waals surface area contributed by atoms with Crippen LogP contribution in [0.1, 0.15) is 34.7 Å². The van der Waals surface area contributed by atoms with Crippen molar-refractivity contribution >= 4 is 23.2 Å². The monoisotopic (exact) mass is 716 g/mol. The Hall–Kier alpha value is -7.20. The normalized spacial score (nSPS) is 11.1. The van der Waals surface area contributed by atoms with E-state index >= 15 is 0 Å². The van der Waals surface area contributed by atoms with Crippen molar-refractivity contribution in [1.29, 1.82) is 5.26 Å². The highest BCUT2D eigenvalue weighted by atomic mass is 16.6. The van der Waals surface area contributed by atoms with Gasteiger partial charge in [0.05, 0.1) is 25.8 Å². The van der Waals surface area contributed by atoms with E-state index in [2.05, 4.69) is 15.1 Å². The molecular weight excluding hydrogens is 680 g/mol. The number of allylic oxidation sites excluding steroid dienone is 1. The predicted octanol–water partition coefficient (Wildman–Crippen LogP) is 7.49. The summed E-state index contributed by atoms with van der Waals surface area (Å²) in [6, 6.07) is 32.0. The summed E-state index contributed by atoms with van der Waals surface area (Å²) in [6.07, 6.45) is 1.25. The lowest BCUT2D eigenvalue weighted by molar-refractivity contribution is -0.133. The van der Waals surface area contributed by atoms with Crippen LogP contribution in [0.5, 0.6) is 29.0 Å². The molecule has 0 fully saturated rings. The van der Waals surface area contributed by atoms with Gasteiger partial charge in [-0.05, 0) is 49.2 Å². The lowest BCUT2D eigenvalue weighted by Gasteiger charge is -2.13. The molecule has 1 aromatic heterocycles. The van der Waals surface area contributed by atoms with Gasteiger partial charge in [0.25, 0.3) is 0 Å². The topological polar surface area (TPSA) is 172 Å². The van der Waals surface area contributed by atoms with E-state index in [9.17, 15) is 20.0 Å². The molecule has 0 atom stereocenters. The van der Waals surface area contributed by atoms with E-state index in [1.165, 1.54) is 33.7 Å². The molecule has 0 aliphatic rings. The minimum Gasteiger partial charge on any atom is -0.500 e. The van der Waals surface area contributed by atoms with Gasteiger partial charge < -0.3 is 33.6 Å². The number of carbonyl (C=O) groups excluding carboxylic acids is 1. The molecule has 5 rings (SSSR count). The molecule has 0 unspecified atom stereocenters. The molecule has 1 heterocycles. The molecule has 0 aliphatic heterocycles. The summed E-state index contributed by atoms with van der Waals surface area (Å²) in [6.45, 7) is 3.84. The number of aryl methyl sites for hydroxylation is 1. The minimum absolute atomic E-state index is 0.0263. The van der Waals surface area contributed by atoms with E-state index in [0.717, 1.165) is 16.9 Å². The van der Waals surface area contributed by atoms with Gasteiger partial charge in [0, 0.05) is 11.1 Å². The van der Waals surface area contributed by atoms with E-state index in [-0.39, 0.29) is 34.6 Å². The van der Waals surface area contributed by atoms with Gasteiger partial charge in [-0.25, -0.2) is 19.6 Å². The molecule has 13 nitrogen and oxygen atoms in total. The summed E-state index contributed by atoms with van der Waals surface area (Å²) in [5, 5.41) is 22.6.